The second kappa shape index (κ2) is 9.94. The Morgan fingerprint density at radius 2 is 2.04 bits per heavy atom. The monoisotopic (exact) mass is 364 g/mol. The Balaban J connectivity index is 2.55. The molecule has 1 N–H and O–H groups in total. The average molecular weight is 365 g/mol. The lowest BCUT2D eigenvalue weighted by Gasteiger charge is -2.13. The van der Waals surface area contributed by atoms with Gasteiger partial charge in [-0.3, -0.25) is 0 Å². The largest absolute Gasteiger partial charge is 0.493 e. The summed E-state index contributed by atoms with van der Waals surface area (Å²) in [5, 5.41) is 10.8. The van der Waals surface area contributed by atoms with Gasteiger partial charge in [-0.05, 0) is 61.4 Å². The van der Waals surface area contributed by atoms with Crippen molar-refractivity contribution in [3.8, 4) is 17.2 Å². The first-order valence-corrected chi connectivity index (χ1v) is 6.86. The van der Waals surface area contributed by atoms with Crippen LogP contribution in [0.4, 0.5) is 0 Å². The highest BCUT2D eigenvalue weighted by Gasteiger charge is 2.07. The van der Waals surface area contributed by atoms with Crippen molar-refractivity contribution >= 4 is 0 Å². The maximum Gasteiger partial charge on any atom is 0.160 e. The topological polar surface area (TPSA) is 47.9 Å². The maximum atomic E-state index is 10.8. The number of methoxy groups -OCH3 is 2. The van der Waals surface area contributed by atoms with Crippen LogP contribution in [0.15, 0.2) is 42.3 Å². The van der Waals surface area contributed by atoms with Crippen molar-refractivity contribution < 1.29 is 46.7 Å². The van der Waals surface area contributed by atoms with Gasteiger partial charge in [0.25, 0.3) is 0 Å². The van der Waals surface area contributed by atoms with Gasteiger partial charge in [-0.1, -0.05) is 24.5 Å². The third kappa shape index (κ3) is 6.31. The van der Waals surface area contributed by atoms with E-state index < -0.39 is 117 Å². The van der Waals surface area contributed by atoms with Crippen LogP contribution in [0, 0.1) is 6.92 Å². The molecule has 1 atom stereocenters. The summed E-state index contributed by atoms with van der Waals surface area (Å²) in [5.74, 6) is -3.27. The van der Waals surface area contributed by atoms with E-state index in [-0.39, 0.29) is 5.56 Å². The zero-order valence-corrected chi connectivity index (χ0v) is 13.1. The smallest absolute Gasteiger partial charge is 0.160 e. The summed E-state index contributed by atoms with van der Waals surface area (Å²) >= 11 is 0. The molecular formula is C21H28O4. The quantitative estimate of drug-likeness (QED) is 0.687. The first-order valence-electron chi connectivity index (χ1n) is 16.9. The molecule has 0 bridgehead atoms. The molecule has 0 spiro atoms. The maximum absolute atomic E-state index is 10.8. The van der Waals surface area contributed by atoms with Crippen LogP contribution in [0.25, 0.3) is 0 Å². The van der Waals surface area contributed by atoms with Crippen LogP contribution in [0.5, 0.6) is 17.2 Å². The minimum absolute atomic E-state index is 0.224. The number of ether oxygens (including phenoxy) is 3. The predicted octanol–water partition coefficient (Wildman–Crippen LogP) is 4.16. The fourth-order valence-electron chi connectivity index (χ4n) is 1.58. The Hall–Kier alpha value is -2.20. The van der Waals surface area contributed by atoms with Gasteiger partial charge in [0.15, 0.2) is 11.5 Å². The lowest BCUT2D eigenvalue weighted by atomic mass is 10.0. The molecule has 0 fully saturated rings. The Morgan fingerprint density at radius 1 is 1.20 bits per heavy atom. The molecule has 1 unspecified atom stereocenters. The second-order valence-corrected chi connectivity index (χ2v) is 4.50. The van der Waals surface area contributed by atoms with Gasteiger partial charge in [0.2, 0.25) is 0 Å². The minimum Gasteiger partial charge on any atom is -0.493 e. The first kappa shape index (κ1) is 5.65. The standard InChI is InChI=1S/C21H28O4/c1-16-7-6-10-19(13-16)25-15-18(22)9-5-4-8-17-11-12-20(23-2)21(14-17)24-3/h6-7,10-14,18,22H,4-5,8-9,15H2,1-3H3/i2D3,3D3,4D2,6D,7D,9D2,10D,11D,12D,13D,14D,15D2,18D. The summed E-state index contributed by atoms with van der Waals surface area (Å²) in [6.07, 6.45) is -13.4. The number of aliphatic hydroxyl groups is 1. The Morgan fingerprint density at radius 3 is 2.88 bits per heavy atom. The zero-order valence-electron chi connectivity index (χ0n) is 33.1. The zero-order chi connectivity index (χ0) is 35.5. The lowest BCUT2D eigenvalue weighted by Crippen LogP contribution is -2.17. The van der Waals surface area contributed by atoms with Gasteiger partial charge in [-0.15, -0.1) is 0 Å². The molecule has 0 amide bonds. The molecule has 4 nitrogen and oxygen atoms in total. The third-order valence-corrected chi connectivity index (χ3v) is 2.66. The lowest BCUT2D eigenvalue weighted by molar-refractivity contribution is 0.0976. The summed E-state index contributed by atoms with van der Waals surface area (Å²) in [7, 11) is -6.63. The third-order valence-electron chi connectivity index (χ3n) is 2.66. The number of rotatable bonds is 10. The SMILES string of the molecule is [2H]c1c([2H])c(C)c([2H])c(OC([2H])([2H])C([2H])(O)C([2H])([2H])CC([2H])([2H])Cc2c([2H])c([2H])c(OC([2H])([2H])[2H])c(OC([2H])([2H])[2H])c2[2H])c1[2H]. The van der Waals surface area contributed by atoms with Gasteiger partial charge in [0.1, 0.15) is 12.3 Å². The molecule has 2 aromatic rings. The molecule has 0 aromatic heterocycles. The van der Waals surface area contributed by atoms with Crippen LogP contribution in [0.3, 0.4) is 0 Å². The van der Waals surface area contributed by atoms with E-state index in [2.05, 4.69) is 9.47 Å². The Bertz CT molecular complexity index is 1420. The van der Waals surface area contributed by atoms with Crippen LogP contribution in [0.2, 0.25) is 0 Å². The van der Waals surface area contributed by atoms with Gasteiger partial charge in [0.05, 0.1) is 42.1 Å². The average Bonchev–Trinajstić information content (AvgIpc) is 2.85. The van der Waals surface area contributed by atoms with E-state index in [0.29, 0.717) is 0 Å². The minimum atomic E-state index is -4.01. The highest BCUT2D eigenvalue weighted by Crippen LogP contribution is 2.28. The summed E-state index contributed by atoms with van der Waals surface area (Å²) in [5.41, 5.74) is -1.00. The molecule has 2 aromatic carbocycles. The van der Waals surface area contributed by atoms with Crippen LogP contribution >= 0.6 is 0 Å². The number of hydrogen-bond acceptors (Lipinski definition) is 4. The van der Waals surface area contributed by atoms with Gasteiger partial charge >= 0.3 is 0 Å². The van der Waals surface area contributed by atoms with E-state index in [0.717, 1.165) is 0 Å². The van der Waals surface area contributed by atoms with Gasteiger partial charge in [-0.2, -0.15) is 0 Å². The number of hydrogen-bond donors (Lipinski definition) is 1. The molecule has 25 heavy (non-hydrogen) atoms. The number of benzene rings is 2. The highest BCUT2D eigenvalue weighted by molar-refractivity contribution is 5.42. The van der Waals surface area contributed by atoms with Crippen molar-refractivity contribution in [2.75, 3.05) is 20.6 Å². The van der Waals surface area contributed by atoms with Crippen molar-refractivity contribution in [3.63, 3.8) is 0 Å². The molecule has 0 heterocycles. The summed E-state index contributed by atoms with van der Waals surface area (Å²) in [4.78, 5) is 0. The van der Waals surface area contributed by atoms with Crippen LogP contribution in [0.1, 0.15) is 57.7 Å². The van der Waals surface area contributed by atoms with Crippen molar-refractivity contribution in [1.29, 1.82) is 0 Å². The molecular weight excluding hydrogens is 316 g/mol. The van der Waals surface area contributed by atoms with E-state index in [1.165, 1.54) is 6.92 Å². The molecule has 0 aliphatic rings. The van der Waals surface area contributed by atoms with E-state index >= 15 is 0 Å². The van der Waals surface area contributed by atoms with Gasteiger partial charge < -0.3 is 19.3 Å². The van der Waals surface area contributed by atoms with Crippen LogP contribution in [-0.2, 0) is 6.42 Å². The summed E-state index contributed by atoms with van der Waals surface area (Å²) in [6, 6.07) is -6.29. The summed E-state index contributed by atoms with van der Waals surface area (Å²) < 4.78 is 171. The molecule has 0 saturated carbocycles. The molecule has 0 aliphatic heterocycles. The predicted molar refractivity (Wildman–Crippen MR) is 99.8 cm³/mol. The molecule has 4 heteroatoms. The molecule has 0 saturated heterocycles. The van der Waals surface area contributed by atoms with Crippen molar-refractivity contribution in [1.82, 2.24) is 0 Å². The van der Waals surface area contributed by atoms with Gasteiger partial charge in [-0.25, -0.2) is 0 Å². The van der Waals surface area contributed by atoms with Crippen molar-refractivity contribution in [3.05, 3.63) is 53.4 Å². The fourth-order valence-corrected chi connectivity index (χ4v) is 1.58. The second-order valence-electron chi connectivity index (χ2n) is 4.50. The van der Waals surface area contributed by atoms with E-state index in [1.54, 1.807) is 0 Å². The first-order chi connectivity index (χ1) is 19.9. The molecule has 2 rings (SSSR count). The molecule has 0 radical (unpaired) electrons. The van der Waals surface area contributed by atoms with E-state index in [4.69, 9.17) is 32.2 Å². The van der Waals surface area contributed by atoms with Crippen LogP contribution in [-0.4, -0.2) is 31.8 Å². The van der Waals surface area contributed by atoms with Crippen molar-refractivity contribution in [2.45, 2.75) is 38.6 Å². The van der Waals surface area contributed by atoms with Crippen LogP contribution < -0.4 is 14.2 Å². The molecule has 0 aliphatic carbocycles. The summed E-state index contributed by atoms with van der Waals surface area (Å²) in [6.45, 7) is -2.64. The molecule has 136 valence electrons. The van der Waals surface area contributed by atoms with E-state index in [1.807, 2.05) is 0 Å². The van der Waals surface area contributed by atoms with Crippen molar-refractivity contribution in [2.24, 2.45) is 0 Å². The van der Waals surface area contributed by atoms with Gasteiger partial charge in [0, 0.05) is 5.48 Å². The Kier molecular flexibility index (Phi) is 2.25. The fraction of sp³-hybridized carbons (Fsp3) is 0.429. The van der Waals surface area contributed by atoms with E-state index in [9.17, 15) is 5.11 Å². The Labute approximate surface area is 178 Å². The highest BCUT2D eigenvalue weighted by atomic mass is 16.5. The normalized spacial score (nSPS) is 27.4.